The molecule has 1 aromatic heterocycles. The van der Waals surface area contributed by atoms with Gasteiger partial charge >= 0.3 is 5.97 Å². The molecule has 104 valence electrons. The van der Waals surface area contributed by atoms with Crippen LogP contribution in [0.4, 0.5) is 8.78 Å². The van der Waals surface area contributed by atoms with Crippen LogP contribution in [0, 0.1) is 0 Å². The summed E-state index contributed by atoms with van der Waals surface area (Å²) in [6, 6.07) is 7.91. The molecule has 0 saturated heterocycles. The smallest absolute Gasteiger partial charge is 0.352 e. The van der Waals surface area contributed by atoms with Gasteiger partial charge in [-0.2, -0.15) is 0 Å². The maximum Gasteiger partial charge on any atom is 0.352 e. The van der Waals surface area contributed by atoms with Gasteiger partial charge in [-0.25, -0.2) is 13.6 Å². The minimum Gasteiger partial charge on any atom is -0.477 e. The van der Waals surface area contributed by atoms with Crippen LogP contribution in [-0.4, -0.2) is 21.4 Å². The molecule has 20 heavy (non-hydrogen) atoms. The number of nitrogens with zero attached hydrogens (tertiary/aromatic N) is 1. The fraction of sp³-hybridized carbons (Fsp3) is 0.143. The molecule has 2 aromatic rings. The van der Waals surface area contributed by atoms with E-state index in [0.29, 0.717) is 0 Å². The Labute approximate surface area is 113 Å². The predicted molar refractivity (Wildman–Crippen MR) is 67.1 cm³/mol. The summed E-state index contributed by atoms with van der Waals surface area (Å²) >= 11 is 0. The standard InChI is InChI=1S/C14H11F2NO3/c15-13(16)10-5-3-9(4-6-10)12(18)8-17-7-1-2-11(17)14(19)20/h1-7,13H,8H2,(H,19,20). The summed E-state index contributed by atoms with van der Waals surface area (Å²) in [5.74, 6) is -1.47. The van der Waals surface area contributed by atoms with Gasteiger partial charge in [-0.1, -0.05) is 24.3 Å². The van der Waals surface area contributed by atoms with Crippen LogP contribution in [0.5, 0.6) is 0 Å². The number of halogens is 2. The molecule has 0 fully saturated rings. The van der Waals surface area contributed by atoms with Crippen LogP contribution >= 0.6 is 0 Å². The third-order valence-corrected chi connectivity index (χ3v) is 2.85. The summed E-state index contributed by atoms with van der Waals surface area (Å²) in [5.41, 5.74) is 0.107. The van der Waals surface area contributed by atoms with Crippen molar-refractivity contribution in [1.29, 1.82) is 0 Å². The third-order valence-electron chi connectivity index (χ3n) is 2.85. The Kier molecular flexibility index (Phi) is 3.93. The van der Waals surface area contributed by atoms with E-state index in [2.05, 4.69) is 0 Å². The lowest BCUT2D eigenvalue weighted by molar-refractivity contribution is 0.0685. The summed E-state index contributed by atoms with van der Waals surface area (Å²) in [7, 11) is 0. The zero-order chi connectivity index (χ0) is 14.7. The molecule has 4 nitrogen and oxygen atoms in total. The second kappa shape index (κ2) is 5.64. The molecule has 1 heterocycles. The zero-order valence-corrected chi connectivity index (χ0v) is 10.3. The second-order valence-corrected chi connectivity index (χ2v) is 4.17. The molecule has 0 aliphatic rings. The number of ketones is 1. The number of rotatable bonds is 5. The summed E-state index contributed by atoms with van der Waals surface area (Å²) in [5, 5.41) is 8.92. The highest BCUT2D eigenvalue weighted by Gasteiger charge is 2.14. The number of hydrogen-bond donors (Lipinski definition) is 1. The van der Waals surface area contributed by atoms with Gasteiger partial charge in [0.1, 0.15) is 5.69 Å². The molecule has 0 atom stereocenters. The maximum absolute atomic E-state index is 12.4. The largest absolute Gasteiger partial charge is 0.477 e. The normalized spacial score (nSPS) is 10.8. The number of carbonyl (C=O) groups is 2. The first-order valence-electron chi connectivity index (χ1n) is 5.79. The number of aromatic carboxylic acids is 1. The molecular weight excluding hydrogens is 268 g/mol. The summed E-state index contributed by atoms with van der Waals surface area (Å²) < 4.78 is 26.1. The van der Waals surface area contributed by atoms with Crippen LogP contribution in [0.15, 0.2) is 42.6 Å². The van der Waals surface area contributed by atoms with Gasteiger partial charge in [0.2, 0.25) is 0 Å². The molecule has 2 rings (SSSR count). The summed E-state index contributed by atoms with van der Waals surface area (Å²) in [6.07, 6.45) is -1.10. The molecule has 6 heteroatoms. The summed E-state index contributed by atoms with van der Waals surface area (Å²) in [6.45, 7) is -0.150. The number of carboxylic acid groups (broad SMARTS) is 1. The first-order chi connectivity index (χ1) is 9.49. The van der Waals surface area contributed by atoms with Gasteiger partial charge in [-0.05, 0) is 12.1 Å². The van der Waals surface area contributed by atoms with Crippen LogP contribution in [0.2, 0.25) is 0 Å². The van der Waals surface area contributed by atoms with E-state index in [1.165, 1.54) is 47.2 Å². The first kappa shape index (κ1) is 13.9. The Morgan fingerprint density at radius 3 is 2.35 bits per heavy atom. The predicted octanol–water partition coefficient (Wildman–Crippen LogP) is 3.01. The van der Waals surface area contributed by atoms with E-state index in [-0.39, 0.29) is 29.1 Å². The number of Topliss-reactive ketones (excluding diaryl/α,β-unsaturated/α-hetero) is 1. The van der Waals surface area contributed by atoms with Crippen LogP contribution in [0.25, 0.3) is 0 Å². The van der Waals surface area contributed by atoms with Crippen LogP contribution in [0.3, 0.4) is 0 Å². The van der Waals surface area contributed by atoms with Crippen molar-refractivity contribution in [3.05, 3.63) is 59.4 Å². The molecule has 0 aliphatic carbocycles. The minimum absolute atomic E-state index is 0.00236. The van der Waals surface area contributed by atoms with Crippen LogP contribution in [0.1, 0.15) is 32.8 Å². The number of carboxylic acids is 1. The molecule has 0 bridgehead atoms. The average Bonchev–Trinajstić information content (AvgIpc) is 2.87. The minimum atomic E-state index is -2.58. The second-order valence-electron chi connectivity index (χ2n) is 4.17. The molecule has 0 spiro atoms. The first-order valence-corrected chi connectivity index (χ1v) is 5.79. The number of carbonyl (C=O) groups excluding carboxylic acids is 1. The Morgan fingerprint density at radius 2 is 1.80 bits per heavy atom. The number of aromatic nitrogens is 1. The Balaban J connectivity index is 2.15. The van der Waals surface area contributed by atoms with Gasteiger partial charge in [0.15, 0.2) is 5.78 Å². The van der Waals surface area contributed by atoms with Crippen molar-refractivity contribution in [3.8, 4) is 0 Å². The molecule has 0 saturated carbocycles. The van der Waals surface area contributed by atoms with Crippen molar-refractivity contribution in [2.75, 3.05) is 0 Å². The highest BCUT2D eigenvalue weighted by atomic mass is 19.3. The molecule has 0 radical (unpaired) electrons. The zero-order valence-electron chi connectivity index (χ0n) is 10.3. The van der Waals surface area contributed by atoms with Crippen molar-refractivity contribution < 1.29 is 23.5 Å². The summed E-state index contributed by atoms with van der Waals surface area (Å²) in [4.78, 5) is 22.9. The Hall–Kier alpha value is -2.50. The monoisotopic (exact) mass is 279 g/mol. The Morgan fingerprint density at radius 1 is 1.15 bits per heavy atom. The quantitative estimate of drug-likeness (QED) is 0.856. The van der Waals surface area contributed by atoms with Crippen LogP contribution in [-0.2, 0) is 6.54 Å². The fourth-order valence-electron chi connectivity index (χ4n) is 1.81. The average molecular weight is 279 g/mol. The van der Waals surface area contributed by atoms with Gasteiger partial charge in [0.25, 0.3) is 6.43 Å². The third kappa shape index (κ3) is 2.90. The SMILES string of the molecule is O=C(Cn1cccc1C(=O)O)c1ccc(C(F)F)cc1. The van der Waals surface area contributed by atoms with E-state index in [9.17, 15) is 18.4 Å². The molecule has 0 aliphatic heterocycles. The van der Waals surface area contributed by atoms with Gasteiger partial charge in [0, 0.05) is 17.3 Å². The Bertz CT molecular complexity index is 632. The van der Waals surface area contributed by atoms with Crippen molar-refractivity contribution >= 4 is 11.8 Å². The highest BCUT2D eigenvalue weighted by molar-refractivity contribution is 5.96. The molecule has 1 aromatic carbocycles. The highest BCUT2D eigenvalue weighted by Crippen LogP contribution is 2.19. The van der Waals surface area contributed by atoms with Crippen molar-refractivity contribution in [2.45, 2.75) is 13.0 Å². The van der Waals surface area contributed by atoms with E-state index in [4.69, 9.17) is 5.11 Å². The number of hydrogen-bond acceptors (Lipinski definition) is 2. The van der Waals surface area contributed by atoms with E-state index in [1.54, 1.807) is 0 Å². The molecular formula is C14H11F2NO3. The lowest BCUT2D eigenvalue weighted by Crippen LogP contribution is -2.14. The van der Waals surface area contributed by atoms with Crippen molar-refractivity contribution in [2.24, 2.45) is 0 Å². The van der Waals surface area contributed by atoms with E-state index >= 15 is 0 Å². The van der Waals surface area contributed by atoms with Gasteiger partial charge in [-0.15, -0.1) is 0 Å². The number of benzene rings is 1. The molecule has 0 unspecified atom stereocenters. The lowest BCUT2D eigenvalue weighted by Gasteiger charge is -2.06. The van der Waals surface area contributed by atoms with E-state index in [0.717, 1.165) is 0 Å². The van der Waals surface area contributed by atoms with Crippen molar-refractivity contribution in [3.63, 3.8) is 0 Å². The van der Waals surface area contributed by atoms with Gasteiger partial charge in [-0.3, -0.25) is 4.79 Å². The van der Waals surface area contributed by atoms with Gasteiger partial charge < -0.3 is 9.67 Å². The van der Waals surface area contributed by atoms with Crippen LogP contribution < -0.4 is 0 Å². The topological polar surface area (TPSA) is 59.3 Å². The van der Waals surface area contributed by atoms with Gasteiger partial charge in [0.05, 0.1) is 6.54 Å². The maximum atomic E-state index is 12.4. The van der Waals surface area contributed by atoms with Crippen molar-refractivity contribution in [1.82, 2.24) is 4.57 Å². The van der Waals surface area contributed by atoms with E-state index < -0.39 is 12.4 Å². The fourth-order valence-corrected chi connectivity index (χ4v) is 1.81. The van der Waals surface area contributed by atoms with E-state index in [1.807, 2.05) is 0 Å². The molecule has 1 N–H and O–H groups in total. The number of alkyl halides is 2. The molecule has 0 amide bonds. The lowest BCUT2D eigenvalue weighted by atomic mass is 10.1.